The predicted molar refractivity (Wildman–Crippen MR) is 121 cm³/mol. The summed E-state index contributed by atoms with van der Waals surface area (Å²) < 4.78 is 34.8. The summed E-state index contributed by atoms with van der Waals surface area (Å²) >= 11 is 7.70. The second-order valence-corrected chi connectivity index (χ2v) is 10.2. The number of sulfonamides is 1. The summed E-state index contributed by atoms with van der Waals surface area (Å²) in [5, 5.41) is 0.571. The van der Waals surface area contributed by atoms with E-state index < -0.39 is 15.9 Å². The second-order valence-electron chi connectivity index (χ2n) is 6.83. The fourth-order valence-corrected chi connectivity index (χ4v) is 6.13. The number of thiazole rings is 1. The molecule has 1 aliphatic rings. The molecule has 1 aliphatic heterocycles. The van der Waals surface area contributed by atoms with Crippen molar-refractivity contribution in [2.24, 2.45) is 4.99 Å². The Bertz CT molecular complexity index is 1300. The van der Waals surface area contributed by atoms with Crippen LogP contribution in [0.25, 0.3) is 10.2 Å². The van der Waals surface area contributed by atoms with Crippen molar-refractivity contribution in [3.63, 3.8) is 0 Å². The maximum Gasteiger partial charge on any atom is 0.279 e. The first kappa shape index (κ1) is 21.9. The van der Waals surface area contributed by atoms with Crippen molar-refractivity contribution in [3.05, 3.63) is 70.5 Å². The maximum absolute atomic E-state index is 12.8. The molecule has 0 atom stereocenters. The van der Waals surface area contributed by atoms with E-state index in [1.54, 1.807) is 12.1 Å². The van der Waals surface area contributed by atoms with Gasteiger partial charge in [-0.2, -0.15) is 9.30 Å². The van der Waals surface area contributed by atoms with Crippen LogP contribution in [0.3, 0.4) is 0 Å². The predicted octanol–water partition coefficient (Wildman–Crippen LogP) is 3.30. The van der Waals surface area contributed by atoms with Crippen molar-refractivity contribution in [2.75, 3.05) is 26.3 Å². The number of rotatable bonds is 5. The molecule has 0 aliphatic carbocycles. The lowest BCUT2D eigenvalue weighted by Gasteiger charge is -2.26. The zero-order valence-corrected chi connectivity index (χ0v) is 18.9. The van der Waals surface area contributed by atoms with Crippen LogP contribution in [-0.4, -0.2) is 49.5 Å². The number of allylic oxidation sites excluding steroid dienone is 1. The Morgan fingerprint density at radius 3 is 2.58 bits per heavy atom. The lowest BCUT2D eigenvalue weighted by atomic mass is 10.2. The summed E-state index contributed by atoms with van der Waals surface area (Å²) in [4.78, 5) is 17.7. The van der Waals surface area contributed by atoms with Crippen LogP contribution in [0.4, 0.5) is 0 Å². The number of halogens is 1. The summed E-state index contributed by atoms with van der Waals surface area (Å²) in [7, 11) is -3.62. The van der Waals surface area contributed by atoms with Gasteiger partial charge in [-0.05, 0) is 36.4 Å². The molecule has 1 fully saturated rings. The second kappa shape index (κ2) is 9.05. The minimum Gasteiger partial charge on any atom is -0.379 e. The monoisotopic (exact) mass is 477 g/mol. The molecule has 162 valence electrons. The highest BCUT2D eigenvalue weighted by Gasteiger charge is 2.26. The number of carbonyl (C=O) groups is 1. The van der Waals surface area contributed by atoms with E-state index in [1.807, 2.05) is 16.7 Å². The van der Waals surface area contributed by atoms with E-state index in [-0.39, 0.29) is 4.90 Å². The Hall–Kier alpha value is -2.30. The van der Waals surface area contributed by atoms with Gasteiger partial charge in [0, 0.05) is 25.2 Å². The Kier molecular flexibility index (Phi) is 6.40. The van der Waals surface area contributed by atoms with Crippen LogP contribution >= 0.6 is 22.9 Å². The van der Waals surface area contributed by atoms with Crippen molar-refractivity contribution >= 4 is 49.1 Å². The topological polar surface area (TPSA) is 81.0 Å². The van der Waals surface area contributed by atoms with Crippen molar-refractivity contribution in [3.8, 4) is 0 Å². The molecule has 4 rings (SSSR count). The molecule has 0 spiro atoms. The minimum absolute atomic E-state index is 0.140. The summed E-state index contributed by atoms with van der Waals surface area (Å²) in [5.41, 5.74) is 1.10. The molecule has 0 bridgehead atoms. The number of ether oxygens (including phenoxy) is 1. The van der Waals surface area contributed by atoms with Crippen LogP contribution in [0.15, 0.2) is 65.0 Å². The van der Waals surface area contributed by atoms with E-state index >= 15 is 0 Å². The quantitative estimate of drug-likeness (QED) is 0.528. The first-order valence-corrected chi connectivity index (χ1v) is 12.2. The lowest BCUT2D eigenvalue weighted by molar-refractivity contribution is 0.0730. The number of fused-ring (bicyclic) bond motifs is 1. The van der Waals surface area contributed by atoms with Gasteiger partial charge in [0.2, 0.25) is 10.0 Å². The molecule has 0 unspecified atom stereocenters. The van der Waals surface area contributed by atoms with Crippen LogP contribution in [0.1, 0.15) is 10.4 Å². The van der Waals surface area contributed by atoms with Gasteiger partial charge in [-0.15, -0.1) is 6.58 Å². The van der Waals surface area contributed by atoms with E-state index in [2.05, 4.69) is 11.6 Å². The lowest BCUT2D eigenvalue weighted by Crippen LogP contribution is -2.40. The van der Waals surface area contributed by atoms with E-state index in [0.717, 1.165) is 10.2 Å². The van der Waals surface area contributed by atoms with Crippen LogP contribution in [0.2, 0.25) is 5.02 Å². The zero-order valence-electron chi connectivity index (χ0n) is 16.5. The van der Waals surface area contributed by atoms with Crippen molar-refractivity contribution in [1.29, 1.82) is 0 Å². The average molecular weight is 478 g/mol. The van der Waals surface area contributed by atoms with Gasteiger partial charge in [0.1, 0.15) is 0 Å². The highest BCUT2D eigenvalue weighted by atomic mass is 35.5. The Labute approximate surface area is 188 Å². The molecule has 3 aromatic rings. The molecule has 10 heteroatoms. The van der Waals surface area contributed by atoms with Gasteiger partial charge in [0.05, 0.1) is 33.3 Å². The Morgan fingerprint density at radius 2 is 1.90 bits per heavy atom. The number of para-hydroxylation sites is 1. The molecule has 0 radical (unpaired) electrons. The minimum atomic E-state index is -3.62. The van der Waals surface area contributed by atoms with Crippen LogP contribution in [0.5, 0.6) is 0 Å². The molecule has 31 heavy (non-hydrogen) atoms. The maximum atomic E-state index is 12.8. The standard InChI is InChI=1S/C21H20ClN3O4S2/c1-2-10-25-19-17(22)4-3-5-18(19)30-21(25)23-20(26)15-6-8-16(9-7-15)31(27,28)24-11-13-29-14-12-24/h2-9H,1,10-14H2. The van der Waals surface area contributed by atoms with Gasteiger partial charge in [-0.3, -0.25) is 4.79 Å². The van der Waals surface area contributed by atoms with Gasteiger partial charge in [0.25, 0.3) is 5.91 Å². The highest BCUT2D eigenvalue weighted by molar-refractivity contribution is 7.89. The van der Waals surface area contributed by atoms with Gasteiger partial charge >= 0.3 is 0 Å². The molecular formula is C21H20ClN3O4S2. The molecule has 7 nitrogen and oxygen atoms in total. The van der Waals surface area contributed by atoms with Crippen LogP contribution < -0.4 is 4.80 Å². The van der Waals surface area contributed by atoms with Crippen molar-refractivity contribution < 1.29 is 17.9 Å². The number of amides is 1. The van der Waals surface area contributed by atoms with Gasteiger partial charge in [0.15, 0.2) is 4.80 Å². The third-order valence-electron chi connectivity index (χ3n) is 4.87. The van der Waals surface area contributed by atoms with Crippen molar-refractivity contribution in [2.45, 2.75) is 11.4 Å². The average Bonchev–Trinajstić information content (AvgIpc) is 3.13. The number of benzene rings is 2. The number of hydrogen-bond donors (Lipinski definition) is 0. The third-order valence-corrected chi connectivity index (χ3v) is 8.13. The fourth-order valence-electron chi connectivity index (χ4n) is 3.33. The summed E-state index contributed by atoms with van der Waals surface area (Å²) in [6.07, 6.45) is 1.71. The number of aromatic nitrogens is 1. The van der Waals surface area contributed by atoms with Crippen LogP contribution in [-0.2, 0) is 21.3 Å². The molecule has 0 saturated carbocycles. The first-order chi connectivity index (χ1) is 14.9. The number of nitrogens with zero attached hydrogens (tertiary/aromatic N) is 3. The smallest absolute Gasteiger partial charge is 0.279 e. The highest BCUT2D eigenvalue weighted by Crippen LogP contribution is 2.25. The fraction of sp³-hybridized carbons (Fsp3) is 0.238. The van der Waals surface area contributed by atoms with Gasteiger partial charge < -0.3 is 9.30 Å². The molecular weight excluding hydrogens is 458 g/mol. The van der Waals surface area contributed by atoms with Gasteiger partial charge in [-0.1, -0.05) is 35.1 Å². The van der Waals surface area contributed by atoms with E-state index in [4.69, 9.17) is 16.3 Å². The van der Waals surface area contributed by atoms with E-state index in [1.165, 1.54) is 39.9 Å². The number of hydrogen-bond acceptors (Lipinski definition) is 5. The number of morpholine rings is 1. The van der Waals surface area contributed by atoms with E-state index in [9.17, 15) is 13.2 Å². The van der Waals surface area contributed by atoms with E-state index in [0.29, 0.717) is 48.2 Å². The molecule has 0 N–H and O–H groups in total. The first-order valence-electron chi connectivity index (χ1n) is 9.57. The van der Waals surface area contributed by atoms with Gasteiger partial charge in [-0.25, -0.2) is 8.42 Å². The van der Waals surface area contributed by atoms with Crippen molar-refractivity contribution in [1.82, 2.24) is 8.87 Å². The molecule has 2 heterocycles. The number of carbonyl (C=O) groups excluding carboxylic acids is 1. The molecule has 1 aromatic heterocycles. The normalized spacial score (nSPS) is 16.0. The largest absolute Gasteiger partial charge is 0.379 e. The summed E-state index contributed by atoms with van der Waals surface area (Å²) in [6, 6.07) is 11.4. The molecule has 1 amide bonds. The Balaban J connectivity index is 1.66. The van der Waals surface area contributed by atoms with Crippen LogP contribution in [0, 0.1) is 0 Å². The zero-order chi connectivity index (χ0) is 22.0. The summed E-state index contributed by atoms with van der Waals surface area (Å²) in [6.45, 7) is 5.60. The SMILES string of the molecule is C=CCn1c(=NC(=O)c2ccc(S(=O)(=O)N3CCOCC3)cc2)sc2cccc(Cl)c21. The molecule has 2 aromatic carbocycles. The Morgan fingerprint density at radius 1 is 1.19 bits per heavy atom. The molecule has 1 saturated heterocycles. The third kappa shape index (κ3) is 4.37. The summed E-state index contributed by atoms with van der Waals surface area (Å²) in [5.74, 6) is -0.462.